The smallest absolute Gasteiger partial charge is 0.255 e. The van der Waals surface area contributed by atoms with Gasteiger partial charge in [0.1, 0.15) is 16.8 Å². The third-order valence-corrected chi connectivity index (χ3v) is 4.20. The standard InChI is InChI=1S/C13H12ClFIN3O/c1-18(7-12-17-6-11(14)19(12)2)13(20)9-5-8(15)3-4-10(9)16/h3-6H,7H2,1-2H3. The fourth-order valence-corrected chi connectivity index (χ4v) is 2.43. The van der Waals surface area contributed by atoms with E-state index in [0.29, 0.717) is 26.7 Å². The first-order valence-corrected chi connectivity index (χ1v) is 7.22. The molecule has 106 valence electrons. The highest BCUT2D eigenvalue weighted by atomic mass is 127. The van der Waals surface area contributed by atoms with Crippen LogP contribution in [0.4, 0.5) is 4.39 Å². The van der Waals surface area contributed by atoms with Crippen LogP contribution in [0.25, 0.3) is 0 Å². The highest BCUT2D eigenvalue weighted by molar-refractivity contribution is 14.1. The monoisotopic (exact) mass is 407 g/mol. The van der Waals surface area contributed by atoms with Crippen LogP contribution >= 0.6 is 34.2 Å². The van der Waals surface area contributed by atoms with Gasteiger partial charge in [0.2, 0.25) is 0 Å². The molecule has 0 aliphatic carbocycles. The minimum atomic E-state index is -0.429. The first kappa shape index (κ1) is 15.2. The average Bonchev–Trinajstić information content (AvgIpc) is 2.72. The summed E-state index contributed by atoms with van der Waals surface area (Å²) in [6.45, 7) is 0.300. The highest BCUT2D eigenvalue weighted by Crippen LogP contribution is 2.17. The number of carbonyl (C=O) groups excluding carboxylic acids is 1. The van der Waals surface area contributed by atoms with Crippen LogP contribution in [0.2, 0.25) is 5.15 Å². The largest absolute Gasteiger partial charge is 0.334 e. The molecule has 0 spiro atoms. The van der Waals surface area contributed by atoms with Gasteiger partial charge in [0.15, 0.2) is 0 Å². The number of nitrogens with zero attached hydrogens (tertiary/aromatic N) is 3. The minimum Gasteiger partial charge on any atom is -0.334 e. The van der Waals surface area contributed by atoms with E-state index in [2.05, 4.69) is 4.98 Å². The van der Waals surface area contributed by atoms with E-state index in [1.54, 1.807) is 24.7 Å². The van der Waals surface area contributed by atoms with Crippen molar-refractivity contribution >= 4 is 40.1 Å². The second-order valence-corrected chi connectivity index (χ2v) is 5.89. The van der Waals surface area contributed by atoms with Crippen molar-refractivity contribution in [3.8, 4) is 0 Å². The molecule has 1 heterocycles. The van der Waals surface area contributed by atoms with Crippen LogP contribution in [0.5, 0.6) is 0 Å². The van der Waals surface area contributed by atoms with E-state index in [9.17, 15) is 9.18 Å². The zero-order valence-electron chi connectivity index (χ0n) is 10.9. The molecule has 4 nitrogen and oxygen atoms in total. The maximum atomic E-state index is 13.3. The number of rotatable bonds is 3. The quantitative estimate of drug-likeness (QED) is 0.734. The van der Waals surface area contributed by atoms with Crippen molar-refractivity contribution in [1.29, 1.82) is 0 Å². The normalized spacial score (nSPS) is 10.7. The SMILES string of the molecule is CN(Cc1ncc(Cl)n1C)C(=O)c1cc(F)ccc1I. The Morgan fingerprint density at radius 1 is 1.55 bits per heavy atom. The molecule has 0 N–H and O–H groups in total. The highest BCUT2D eigenvalue weighted by Gasteiger charge is 2.17. The molecule has 1 aromatic heterocycles. The average molecular weight is 408 g/mol. The van der Waals surface area contributed by atoms with Gasteiger partial charge < -0.3 is 9.47 Å². The Balaban J connectivity index is 2.20. The Morgan fingerprint density at radius 3 is 2.85 bits per heavy atom. The van der Waals surface area contributed by atoms with Crippen molar-refractivity contribution in [3.63, 3.8) is 0 Å². The van der Waals surface area contributed by atoms with Crippen LogP contribution in [0.15, 0.2) is 24.4 Å². The summed E-state index contributed by atoms with van der Waals surface area (Å²) in [6.07, 6.45) is 1.53. The Kier molecular flexibility index (Phi) is 4.64. The van der Waals surface area contributed by atoms with E-state index in [1.807, 2.05) is 22.6 Å². The van der Waals surface area contributed by atoms with Gasteiger partial charge in [0.05, 0.1) is 18.3 Å². The number of aromatic nitrogens is 2. The van der Waals surface area contributed by atoms with Gasteiger partial charge in [-0.3, -0.25) is 4.79 Å². The molecule has 0 atom stereocenters. The number of benzene rings is 1. The Morgan fingerprint density at radius 2 is 2.25 bits per heavy atom. The van der Waals surface area contributed by atoms with Crippen molar-refractivity contribution in [2.75, 3.05) is 7.05 Å². The van der Waals surface area contributed by atoms with Crippen LogP contribution in [0.1, 0.15) is 16.2 Å². The molecule has 0 aliphatic heterocycles. The van der Waals surface area contributed by atoms with Crippen LogP contribution in [-0.4, -0.2) is 27.4 Å². The summed E-state index contributed by atoms with van der Waals surface area (Å²) in [5.41, 5.74) is 0.341. The summed E-state index contributed by atoms with van der Waals surface area (Å²) >= 11 is 7.91. The van der Waals surface area contributed by atoms with Crippen LogP contribution in [0.3, 0.4) is 0 Å². The maximum Gasteiger partial charge on any atom is 0.255 e. The molecule has 1 amide bonds. The van der Waals surface area contributed by atoms with Gasteiger partial charge in [-0.15, -0.1) is 0 Å². The Labute approximate surface area is 134 Å². The number of halogens is 3. The number of carbonyl (C=O) groups is 1. The molecule has 0 saturated carbocycles. The molecule has 0 bridgehead atoms. The van der Waals surface area contributed by atoms with Gasteiger partial charge in [0, 0.05) is 17.7 Å². The summed E-state index contributed by atoms with van der Waals surface area (Å²) in [5.74, 6) is -0.0208. The van der Waals surface area contributed by atoms with E-state index in [1.165, 1.54) is 23.2 Å². The molecule has 1 aromatic carbocycles. The van der Waals surface area contributed by atoms with Gasteiger partial charge in [-0.25, -0.2) is 9.37 Å². The molecule has 2 rings (SSSR count). The molecule has 0 radical (unpaired) electrons. The first-order chi connectivity index (χ1) is 9.40. The van der Waals surface area contributed by atoms with E-state index < -0.39 is 5.82 Å². The van der Waals surface area contributed by atoms with Gasteiger partial charge >= 0.3 is 0 Å². The molecule has 7 heteroatoms. The van der Waals surface area contributed by atoms with Crippen molar-refractivity contribution < 1.29 is 9.18 Å². The maximum absolute atomic E-state index is 13.3. The lowest BCUT2D eigenvalue weighted by atomic mass is 10.2. The van der Waals surface area contributed by atoms with E-state index in [-0.39, 0.29) is 5.91 Å². The lowest BCUT2D eigenvalue weighted by Gasteiger charge is -2.17. The van der Waals surface area contributed by atoms with Gasteiger partial charge in [-0.05, 0) is 40.8 Å². The third kappa shape index (κ3) is 3.12. The molecule has 0 fully saturated rings. The van der Waals surface area contributed by atoms with Crippen molar-refractivity contribution in [2.24, 2.45) is 7.05 Å². The zero-order valence-corrected chi connectivity index (χ0v) is 13.8. The van der Waals surface area contributed by atoms with Crippen molar-refractivity contribution in [1.82, 2.24) is 14.5 Å². The number of imidazole rings is 1. The van der Waals surface area contributed by atoms with Crippen LogP contribution < -0.4 is 0 Å². The topological polar surface area (TPSA) is 38.1 Å². The third-order valence-electron chi connectivity index (χ3n) is 2.91. The first-order valence-electron chi connectivity index (χ1n) is 5.76. The molecule has 0 unspecified atom stereocenters. The van der Waals surface area contributed by atoms with E-state index in [4.69, 9.17) is 11.6 Å². The molecule has 0 saturated heterocycles. The number of amides is 1. The predicted octanol–water partition coefficient (Wildman–Crippen LogP) is 3.09. The molecular weight excluding hydrogens is 396 g/mol. The Hall–Kier alpha value is -1.15. The van der Waals surface area contributed by atoms with E-state index in [0.717, 1.165) is 0 Å². The van der Waals surface area contributed by atoms with Gasteiger partial charge in [0.25, 0.3) is 5.91 Å². The van der Waals surface area contributed by atoms with Crippen LogP contribution in [0, 0.1) is 9.39 Å². The molecular formula is C13H12ClFIN3O. The fourth-order valence-electron chi connectivity index (χ4n) is 1.72. The number of hydrogen-bond donors (Lipinski definition) is 0. The zero-order chi connectivity index (χ0) is 14.9. The molecule has 20 heavy (non-hydrogen) atoms. The summed E-state index contributed by atoms with van der Waals surface area (Å²) in [5, 5.41) is 0.501. The van der Waals surface area contributed by atoms with Crippen molar-refractivity contribution in [3.05, 3.63) is 50.3 Å². The number of hydrogen-bond acceptors (Lipinski definition) is 2. The minimum absolute atomic E-state index is 0.256. The fraction of sp³-hybridized carbons (Fsp3) is 0.231. The summed E-state index contributed by atoms with van der Waals surface area (Å²) in [6, 6.07) is 4.15. The summed E-state index contributed by atoms with van der Waals surface area (Å²) < 4.78 is 15.7. The lowest BCUT2D eigenvalue weighted by molar-refractivity contribution is 0.0779. The molecule has 0 aliphatic rings. The predicted molar refractivity (Wildman–Crippen MR) is 83.1 cm³/mol. The van der Waals surface area contributed by atoms with E-state index >= 15 is 0 Å². The second kappa shape index (κ2) is 6.09. The Bertz CT molecular complexity index is 659. The van der Waals surface area contributed by atoms with Crippen molar-refractivity contribution in [2.45, 2.75) is 6.54 Å². The summed E-state index contributed by atoms with van der Waals surface area (Å²) in [7, 11) is 3.42. The second-order valence-electron chi connectivity index (χ2n) is 4.34. The lowest BCUT2D eigenvalue weighted by Crippen LogP contribution is -2.28. The van der Waals surface area contributed by atoms with Gasteiger partial charge in [-0.1, -0.05) is 11.6 Å². The molecule has 2 aromatic rings. The van der Waals surface area contributed by atoms with Gasteiger partial charge in [-0.2, -0.15) is 0 Å². The van der Waals surface area contributed by atoms with Crippen LogP contribution in [-0.2, 0) is 13.6 Å². The summed E-state index contributed by atoms with van der Waals surface area (Å²) in [4.78, 5) is 17.9.